The zero-order valence-electron chi connectivity index (χ0n) is 39.7. The molecule has 0 saturated heterocycles. The second-order valence-corrected chi connectivity index (χ2v) is 23.5. The van der Waals surface area contributed by atoms with Crippen molar-refractivity contribution in [1.82, 2.24) is 0 Å². The smallest absolute Gasteiger partial charge is 0.323 e. The minimum absolute atomic E-state index is 0.00561. The Bertz CT molecular complexity index is 3030. The summed E-state index contributed by atoms with van der Waals surface area (Å²) in [6.45, 7) is 11.4. The lowest BCUT2D eigenvalue weighted by Crippen LogP contribution is -2.15. The van der Waals surface area contributed by atoms with Crippen LogP contribution in [0.4, 0.5) is 4.39 Å². The second kappa shape index (κ2) is 27.5. The van der Waals surface area contributed by atoms with Gasteiger partial charge in [-0.3, -0.25) is 24.0 Å². The number of aryl methyl sites for hydroxylation is 1. The van der Waals surface area contributed by atoms with E-state index in [-0.39, 0.29) is 73.5 Å². The molecule has 9 nitrogen and oxygen atoms in total. The minimum atomic E-state index is -0.524. The van der Waals surface area contributed by atoms with Crippen LogP contribution < -0.4 is 0 Å². The number of thiophene rings is 2. The molecule has 3 heterocycles. The van der Waals surface area contributed by atoms with E-state index in [4.69, 9.17) is 74.3 Å². The van der Waals surface area contributed by atoms with Crippen molar-refractivity contribution in [2.24, 2.45) is 0 Å². The quantitative estimate of drug-likeness (QED) is 0.0792. The molecule has 0 amide bonds. The number of ether oxygens (including phenoxy) is 1. The van der Waals surface area contributed by atoms with Crippen molar-refractivity contribution in [3.8, 4) is 32.4 Å². The Labute approximate surface area is 463 Å². The van der Waals surface area contributed by atoms with Crippen LogP contribution in [0.2, 0.25) is 30.1 Å². The molecule has 4 unspecified atom stereocenters. The van der Waals surface area contributed by atoms with Gasteiger partial charge in [-0.15, -0.1) is 46.2 Å². The molecule has 0 bridgehead atoms. The van der Waals surface area contributed by atoms with Crippen LogP contribution >= 0.6 is 116 Å². The normalized spacial score (nSPS) is 14.7. The van der Waals surface area contributed by atoms with Gasteiger partial charge in [-0.25, -0.2) is 4.39 Å². The van der Waals surface area contributed by atoms with E-state index in [1.807, 2.05) is 26.8 Å². The monoisotopic (exact) mass is 1170 g/mol. The summed E-state index contributed by atoms with van der Waals surface area (Å²) in [5, 5.41) is 33.5. The van der Waals surface area contributed by atoms with Crippen molar-refractivity contribution in [2.75, 3.05) is 7.11 Å². The molecule has 2 aromatic heterocycles. The van der Waals surface area contributed by atoms with Crippen LogP contribution in [0.25, 0.3) is 20.9 Å². The van der Waals surface area contributed by atoms with E-state index in [0.29, 0.717) is 68.6 Å². The van der Waals surface area contributed by atoms with E-state index >= 15 is 0 Å². The van der Waals surface area contributed by atoms with Gasteiger partial charge in [-0.2, -0.15) is 0 Å². The van der Waals surface area contributed by atoms with Crippen LogP contribution in [-0.2, 0) is 19.1 Å². The number of aliphatic hydroxyl groups is 1. The number of aliphatic hydroxyl groups excluding tert-OH is 1. The van der Waals surface area contributed by atoms with Gasteiger partial charge in [0.2, 0.25) is 0 Å². The Kier molecular flexibility index (Phi) is 23.1. The highest BCUT2D eigenvalue weighted by atomic mass is 35.5. The van der Waals surface area contributed by atoms with E-state index in [2.05, 4.69) is 0 Å². The van der Waals surface area contributed by atoms with Gasteiger partial charge in [-0.1, -0.05) is 107 Å². The molecule has 72 heavy (non-hydrogen) atoms. The van der Waals surface area contributed by atoms with Crippen molar-refractivity contribution < 1.29 is 48.4 Å². The molecule has 6 aromatic rings. The number of thioether (sulfide) groups is 2. The molecule has 0 saturated carbocycles. The van der Waals surface area contributed by atoms with Crippen LogP contribution in [0.15, 0.2) is 95.6 Å². The minimum Gasteiger partial charge on any atom is -0.510 e. The summed E-state index contributed by atoms with van der Waals surface area (Å²) < 4.78 is 17.8. The highest BCUT2D eigenvalue weighted by molar-refractivity contribution is 8.01. The van der Waals surface area contributed by atoms with Gasteiger partial charge in [0, 0.05) is 32.8 Å². The average Bonchev–Trinajstić information content (AvgIpc) is 3.95. The molecule has 0 spiro atoms. The maximum Gasteiger partial charge on any atom is 0.323 e. The number of methoxy groups -OCH3 is 1. The van der Waals surface area contributed by atoms with Crippen LogP contribution in [0.3, 0.4) is 0 Å². The van der Waals surface area contributed by atoms with E-state index in [1.165, 1.54) is 93.1 Å². The maximum absolute atomic E-state index is 13.0. The number of aromatic hydroxyl groups is 2. The Balaban J connectivity index is 0.000000209. The lowest BCUT2D eigenvalue weighted by molar-refractivity contribution is -0.140. The van der Waals surface area contributed by atoms with E-state index in [1.54, 1.807) is 66.0 Å². The number of esters is 1. The molecule has 0 aliphatic carbocycles. The molecule has 0 radical (unpaired) electrons. The van der Waals surface area contributed by atoms with Crippen LogP contribution in [-0.4, -0.2) is 62.0 Å². The first kappa shape index (κ1) is 60.5. The lowest BCUT2D eigenvalue weighted by atomic mass is 10.0. The summed E-state index contributed by atoms with van der Waals surface area (Å²) in [6, 6.07) is 21.3. The summed E-state index contributed by atoms with van der Waals surface area (Å²) >= 11 is 41.0. The first-order valence-electron chi connectivity index (χ1n) is 21.4. The zero-order chi connectivity index (χ0) is 53.9. The number of ketones is 4. The second-order valence-electron chi connectivity index (χ2n) is 15.9. The molecule has 3 N–H and O–H groups in total. The van der Waals surface area contributed by atoms with Crippen LogP contribution in [0, 0.1) is 12.7 Å². The van der Waals surface area contributed by atoms with Gasteiger partial charge in [0.15, 0.2) is 17.3 Å². The molecule has 382 valence electrons. The molecule has 20 heteroatoms. The van der Waals surface area contributed by atoms with Crippen molar-refractivity contribution in [2.45, 2.75) is 75.9 Å². The first-order chi connectivity index (χ1) is 33.8. The lowest BCUT2D eigenvalue weighted by Gasteiger charge is -2.19. The Hall–Kier alpha value is -4.06. The predicted molar refractivity (Wildman–Crippen MR) is 298 cm³/mol. The number of benzene rings is 4. The third kappa shape index (κ3) is 16.0. The van der Waals surface area contributed by atoms with Crippen LogP contribution in [0.1, 0.15) is 95.2 Å². The summed E-state index contributed by atoms with van der Waals surface area (Å²) in [4.78, 5) is 59.1. The number of hydrogen-bond donors (Lipinski definition) is 3. The molecule has 1 aliphatic rings. The molecule has 0 fully saturated rings. The standard InChI is InChI=1S/C14H16Cl2O3S.C13H12Cl2O2S.C13H10Cl2O2S.C12H9FO2S/c1-8(17)6-9(2)20-13(14(18)19-3)10-4-5-11(15)12(16)7-10;2*1-6(16)11-7(2)18-13(12(11)17)8-3-4-9(14)10(15)5-8;1-7(14)10-6-16-12(11(10)15)8-3-2-4-9(13)5-8/h4-5,7,9,13H,6H2,1-3H3;3-5,7,13,17H,1-2H3;3-5,17H,1-2H3;2-6,15H,1H3. The topological polar surface area (TPSA) is 155 Å². The van der Waals surface area contributed by atoms with Crippen molar-refractivity contribution in [3.63, 3.8) is 0 Å². The maximum atomic E-state index is 13.0. The molecule has 1 aliphatic heterocycles. The summed E-state index contributed by atoms with van der Waals surface area (Å²) in [6.07, 6.45) is 0.402. The summed E-state index contributed by atoms with van der Waals surface area (Å²) in [5.74, 6) is -0.995. The highest BCUT2D eigenvalue weighted by Crippen LogP contribution is 2.49. The third-order valence-electron chi connectivity index (χ3n) is 10.3. The van der Waals surface area contributed by atoms with Gasteiger partial charge in [-0.05, 0) is 112 Å². The number of hydrogen-bond acceptors (Lipinski definition) is 13. The first-order valence-corrected chi connectivity index (χ1v) is 27.2. The Morgan fingerprint density at radius 2 is 1.31 bits per heavy atom. The van der Waals surface area contributed by atoms with Gasteiger partial charge in [0.1, 0.15) is 34.1 Å². The van der Waals surface area contributed by atoms with Gasteiger partial charge >= 0.3 is 5.97 Å². The van der Waals surface area contributed by atoms with E-state index in [9.17, 15) is 43.7 Å². The average molecular weight is 1180 g/mol. The van der Waals surface area contributed by atoms with Crippen molar-refractivity contribution >= 4 is 145 Å². The largest absolute Gasteiger partial charge is 0.510 e. The fourth-order valence-corrected chi connectivity index (χ4v) is 12.7. The number of carbonyl (C=O) groups is 5. The third-order valence-corrected chi connectivity index (χ3v) is 17.5. The van der Waals surface area contributed by atoms with Gasteiger partial charge < -0.3 is 20.1 Å². The van der Waals surface area contributed by atoms with Crippen LogP contribution in [0.5, 0.6) is 11.5 Å². The molecule has 4 aromatic carbocycles. The zero-order valence-corrected chi connectivity index (χ0v) is 47.5. The molecular weight excluding hydrogens is 1130 g/mol. The molecule has 7 rings (SSSR count). The number of halogens is 7. The predicted octanol–water partition coefficient (Wildman–Crippen LogP) is 17.3. The van der Waals surface area contributed by atoms with E-state index in [0.717, 1.165) is 16.0 Å². The number of carbonyl (C=O) groups excluding carboxylic acids is 5. The number of Topliss-reactive ketones (excluding diaryl/α,β-unsaturated/α-hetero) is 4. The van der Waals surface area contributed by atoms with Gasteiger partial charge in [0.25, 0.3) is 0 Å². The van der Waals surface area contributed by atoms with Gasteiger partial charge in [0.05, 0.1) is 63.4 Å². The van der Waals surface area contributed by atoms with Crippen molar-refractivity contribution in [3.05, 3.63) is 159 Å². The molecular formula is C52H47Cl6FO9S4. The SMILES string of the molecule is CC(=O)C1=C(O)C(c2ccc(Cl)c(Cl)c2)SC1C.CC(=O)c1c(C)sc(-c2ccc(Cl)c(Cl)c2)c1O.CC(=O)c1csc(-c2cccc(F)c2)c1O.COC(=O)C(SC(C)CC(C)=O)c1ccc(Cl)c(Cl)c1. The van der Waals surface area contributed by atoms with E-state index < -0.39 is 5.25 Å². The summed E-state index contributed by atoms with van der Waals surface area (Å²) in [7, 11) is 1.34. The summed E-state index contributed by atoms with van der Waals surface area (Å²) in [5.41, 5.74) is 4.06. The van der Waals surface area contributed by atoms with Crippen molar-refractivity contribution in [1.29, 1.82) is 0 Å². The number of rotatable bonds is 12. The fourth-order valence-electron chi connectivity index (χ4n) is 7.02. The highest BCUT2D eigenvalue weighted by Gasteiger charge is 2.35. The molecule has 4 atom stereocenters. The Morgan fingerprint density at radius 1 is 0.722 bits per heavy atom. The fraction of sp³-hybridized carbons (Fsp3) is 0.250. The Morgan fingerprint density at radius 3 is 1.79 bits per heavy atom.